The molecule has 1 aliphatic heterocycles. The van der Waals surface area contributed by atoms with Gasteiger partial charge in [-0.2, -0.15) is 0 Å². The molecule has 11 heteroatoms. The number of halogens is 4. The fourth-order valence-corrected chi connectivity index (χ4v) is 5.93. The van der Waals surface area contributed by atoms with Crippen LogP contribution < -0.4 is 4.72 Å². The quantitative estimate of drug-likeness (QED) is 0.291. The Morgan fingerprint density at radius 2 is 1.82 bits per heavy atom. The van der Waals surface area contributed by atoms with Crippen LogP contribution in [0.3, 0.4) is 0 Å². The summed E-state index contributed by atoms with van der Waals surface area (Å²) in [6.45, 7) is 1.16. The molecule has 1 aliphatic rings. The highest BCUT2D eigenvalue weighted by Crippen LogP contribution is 2.35. The first kappa shape index (κ1) is 26.4. The van der Waals surface area contributed by atoms with Gasteiger partial charge in [0.15, 0.2) is 0 Å². The fraction of sp³-hybridized carbons (Fsp3) is 0.148. The Hall–Kier alpha value is -3.24. The monoisotopic (exact) mass is 576 g/mol. The van der Waals surface area contributed by atoms with Crippen LogP contribution in [-0.2, 0) is 39.1 Å². The number of fused-ring (bicyclic) bond motifs is 3. The second kappa shape index (κ2) is 10.5. The van der Waals surface area contributed by atoms with Crippen LogP contribution in [0, 0.1) is 11.6 Å². The first-order valence-corrected chi connectivity index (χ1v) is 13.7. The van der Waals surface area contributed by atoms with Crippen LogP contribution in [0.1, 0.15) is 22.4 Å². The number of rotatable bonds is 6. The molecule has 4 aromatic rings. The Labute approximate surface area is 227 Å². The van der Waals surface area contributed by atoms with E-state index in [2.05, 4.69) is 0 Å². The lowest BCUT2D eigenvalue weighted by Gasteiger charge is -2.17. The van der Waals surface area contributed by atoms with Gasteiger partial charge in [0.05, 0.1) is 23.6 Å². The largest absolute Gasteiger partial charge is 0.376 e. The number of hydrogen-bond acceptors (Lipinski definition) is 4. The summed E-state index contributed by atoms with van der Waals surface area (Å²) in [5.41, 5.74) is 3.62. The lowest BCUT2D eigenvalue weighted by molar-refractivity contribution is -0.114. The van der Waals surface area contributed by atoms with E-state index in [1.807, 2.05) is 15.4 Å². The van der Waals surface area contributed by atoms with Crippen LogP contribution in [0.4, 0.5) is 8.78 Å². The Kier molecular flexibility index (Phi) is 7.28. The highest BCUT2D eigenvalue weighted by Gasteiger charge is 2.24. The third-order valence-electron chi connectivity index (χ3n) is 6.22. The van der Waals surface area contributed by atoms with Crippen LogP contribution in [0.25, 0.3) is 17.0 Å². The van der Waals surface area contributed by atoms with E-state index in [0.717, 1.165) is 47.2 Å². The SMILES string of the molecule is O=C(/C=C/c1cc(F)cc2c3c(n(Cc4ccc(Cl)cc4Cl)c12)CCOC3)NS(=O)(=O)c1ccc(F)cc1. The molecular formula is C27H20Cl2F2N2O4S. The first-order valence-electron chi connectivity index (χ1n) is 11.5. The van der Waals surface area contributed by atoms with Crippen LogP contribution in [0.5, 0.6) is 0 Å². The number of benzene rings is 3. The maximum Gasteiger partial charge on any atom is 0.264 e. The number of ether oxygens (including phenoxy) is 1. The fourth-order valence-electron chi connectivity index (χ4n) is 4.52. The second-order valence-electron chi connectivity index (χ2n) is 8.70. The Bertz CT molecular complexity index is 1700. The van der Waals surface area contributed by atoms with Crippen molar-refractivity contribution in [1.82, 2.24) is 9.29 Å². The minimum absolute atomic E-state index is 0.268. The van der Waals surface area contributed by atoms with Crippen molar-refractivity contribution in [3.63, 3.8) is 0 Å². The van der Waals surface area contributed by atoms with E-state index >= 15 is 0 Å². The van der Waals surface area contributed by atoms with Crippen LogP contribution >= 0.6 is 23.2 Å². The molecule has 1 amide bonds. The normalized spacial score (nSPS) is 13.7. The van der Waals surface area contributed by atoms with Crippen LogP contribution in [0.2, 0.25) is 10.0 Å². The van der Waals surface area contributed by atoms with E-state index in [0.29, 0.717) is 52.7 Å². The van der Waals surface area contributed by atoms with Crippen molar-refractivity contribution in [2.45, 2.75) is 24.5 Å². The van der Waals surface area contributed by atoms with E-state index in [-0.39, 0.29) is 4.90 Å². The van der Waals surface area contributed by atoms with Crippen molar-refractivity contribution in [2.24, 2.45) is 0 Å². The van der Waals surface area contributed by atoms with E-state index in [1.165, 1.54) is 18.2 Å². The van der Waals surface area contributed by atoms with Gasteiger partial charge < -0.3 is 9.30 Å². The van der Waals surface area contributed by atoms with Gasteiger partial charge in [-0.3, -0.25) is 4.79 Å². The molecule has 0 unspecified atom stereocenters. The summed E-state index contributed by atoms with van der Waals surface area (Å²) in [6, 6.07) is 11.9. The van der Waals surface area contributed by atoms with Gasteiger partial charge in [0.1, 0.15) is 11.6 Å². The summed E-state index contributed by atoms with van der Waals surface area (Å²) >= 11 is 12.5. The first-order chi connectivity index (χ1) is 18.1. The van der Waals surface area contributed by atoms with E-state index < -0.39 is 27.6 Å². The number of sulfonamides is 1. The maximum atomic E-state index is 14.7. The number of amides is 1. The molecule has 0 radical (unpaired) electrons. The molecule has 5 rings (SSSR count). The molecule has 3 aromatic carbocycles. The van der Waals surface area contributed by atoms with E-state index in [4.69, 9.17) is 27.9 Å². The lowest BCUT2D eigenvalue weighted by Crippen LogP contribution is -2.28. The van der Waals surface area contributed by atoms with Gasteiger partial charge in [-0.1, -0.05) is 29.3 Å². The Morgan fingerprint density at radius 3 is 2.55 bits per heavy atom. The standard InChI is InChI=1S/C27H20Cl2F2N2O4S/c28-18-3-1-17(24(29)12-18)14-33-25-9-10-37-15-23(25)22-13-20(31)11-16(27(22)33)2-8-26(34)32-38(35,36)21-6-4-19(30)5-7-21/h1-8,11-13H,9-10,14-15H2,(H,32,34)/b8-2+. The summed E-state index contributed by atoms with van der Waals surface area (Å²) in [5, 5.41) is 1.60. The van der Waals surface area contributed by atoms with Crippen LogP contribution in [-0.4, -0.2) is 25.5 Å². The predicted molar refractivity (Wildman–Crippen MR) is 142 cm³/mol. The van der Waals surface area contributed by atoms with Crippen molar-refractivity contribution in [3.05, 3.63) is 105 Å². The highest BCUT2D eigenvalue weighted by atomic mass is 35.5. The third-order valence-corrected chi connectivity index (χ3v) is 8.17. The van der Waals surface area contributed by atoms with Crippen LogP contribution in [0.15, 0.2) is 65.6 Å². The maximum absolute atomic E-state index is 14.7. The van der Waals surface area contributed by atoms with Crippen molar-refractivity contribution < 1.29 is 26.7 Å². The van der Waals surface area contributed by atoms with Crippen molar-refractivity contribution in [1.29, 1.82) is 0 Å². The zero-order valence-corrected chi connectivity index (χ0v) is 22.0. The van der Waals surface area contributed by atoms with Crippen molar-refractivity contribution in [3.8, 4) is 0 Å². The predicted octanol–water partition coefficient (Wildman–Crippen LogP) is 5.87. The molecule has 38 heavy (non-hydrogen) atoms. The van der Waals surface area contributed by atoms with Crippen molar-refractivity contribution in [2.75, 3.05) is 6.61 Å². The van der Waals surface area contributed by atoms with Gasteiger partial charge >= 0.3 is 0 Å². The topological polar surface area (TPSA) is 77.4 Å². The summed E-state index contributed by atoms with van der Waals surface area (Å²) in [6.07, 6.45) is 2.96. The molecule has 0 saturated heterocycles. The molecule has 6 nitrogen and oxygen atoms in total. The minimum Gasteiger partial charge on any atom is -0.376 e. The molecule has 2 heterocycles. The van der Waals surface area contributed by atoms with E-state index in [1.54, 1.807) is 12.1 Å². The molecule has 196 valence electrons. The molecule has 0 atom stereocenters. The third kappa shape index (κ3) is 5.33. The Balaban J connectivity index is 1.54. The summed E-state index contributed by atoms with van der Waals surface area (Å²) < 4.78 is 62.4. The van der Waals surface area contributed by atoms with Gasteiger partial charge in [-0.15, -0.1) is 0 Å². The van der Waals surface area contributed by atoms with Crippen molar-refractivity contribution >= 4 is 56.1 Å². The average molecular weight is 577 g/mol. The van der Waals surface area contributed by atoms with Gasteiger partial charge in [0, 0.05) is 51.3 Å². The number of carbonyl (C=O) groups is 1. The smallest absolute Gasteiger partial charge is 0.264 e. The van der Waals surface area contributed by atoms with Gasteiger partial charge in [0.25, 0.3) is 15.9 Å². The number of hydrogen-bond donors (Lipinski definition) is 1. The lowest BCUT2D eigenvalue weighted by atomic mass is 10.1. The molecular weight excluding hydrogens is 557 g/mol. The highest BCUT2D eigenvalue weighted by molar-refractivity contribution is 7.90. The van der Waals surface area contributed by atoms with Gasteiger partial charge in [0.2, 0.25) is 0 Å². The van der Waals surface area contributed by atoms with Gasteiger partial charge in [-0.05, 0) is 60.2 Å². The Morgan fingerprint density at radius 1 is 1.05 bits per heavy atom. The molecule has 0 spiro atoms. The molecule has 1 aromatic heterocycles. The number of aromatic nitrogens is 1. The number of nitrogens with one attached hydrogen (secondary N) is 1. The zero-order valence-electron chi connectivity index (χ0n) is 19.7. The summed E-state index contributed by atoms with van der Waals surface area (Å²) in [5.74, 6) is -2.08. The average Bonchev–Trinajstić information content (AvgIpc) is 3.17. The molecule has 1 N–H and O–H groups in total. The summed E-state index contributed by atoms with van der Waals surface area (Å²) in [4.78, 5) is 12.3. The number of nitrogens with zero attached hydrogens (tertiary/aromatic N) is 1. The summed E-state index contributed by atoms with van der Waals surface area (Å²) in [7, 11) is -4.23. The second-order valence-corrected chi connectivity index (χ2v) is 11.2. The molecule has 0 aliphatic carbocycles. The van der Waals surface area contributed by atoms with E-state index in [9.17, 15) is 22.0 Å². The number of carbonyl (C=O) groups excluding carboxylic acids is 1. The van der Waals surface area contributed by atoms with Gasteiger partial charge in [-0.25, -0.2) is 21.9 Å². The minimum atomic E-state index is -4.23. The zero-order chi connectivity index (χ0) is 27.0. The molecule has 0 fully saturated rings. The molecule has 0 bridgehead atoms. The molecule has 0 saturated carbocycles.